The van der Waals surface area contributed by atoms with E-state index in [1.165, 1.54) is 25.6 Å². The van der Waals surface area contributed by atoms with E-state index in [4.69, 9.17) is 16.8 Å². The Kier molecular flexibility index (Phi) is 8.04. The number of carbonyl (C=O) groups excluding carboxylic acids is 3. The molecule has 0 aliphatic heterocycles. The van der Waals surface area contributed by atoms with E-state index >= 15 is 0 Å². The minimum atomic E-state index is -0.737. The first-order chi connectivity index (χ1) is 13.3. The van der Waals surface area contributed by atoms with Crippen LogP contribution in [0.15, 0.2) is 53.4 Å². The van der Waals surface area contributed by atoms with Gasteiger partial charge in [0.15, 0.2) is 0 Å². The molecule has 0 fully saturated rings. The second kappa shape index (κ2) is 10.3. The maximum atomic E-state index is 11.9. The number of halogens is 1. The standard InChI is InChI=1S/C20H21ClN2O4S/c1-13(24)23(14(2)25)11-17(20(26)22-27)12-28-19-9-5-16(6-10-19)15-3-7-18(21)8-4-15/h3-10,17,27H,11-12H2,1-2H3,(H,22,26). The van der Waals surface area contributed by atoms with Crippen molar-refractivity contribution in [3.05, 3.63) is 53.6 Å². The summed E-state index contributed by atoms with van der Waals surface area (Å²) in [4.78, 5) is 37.0. The van der Waals surface area contributed by atoms with Gasteiger partial charge in [-0.05, 0) is 35.4 Å². The normalized spacial score (nSPS) is 11.6. The van der Waals surface area contributed by atoms with E-state index in [9.17, 15) is 14.4 Å². The molecule has 0 heterocycles. The summed E-state index contributed by atoms with van der Waals surface area (Å²) >= 11 is 7.31. The summed E-state index contributed by atoms with van der Waals surface area (Å²) in [5, 5.41) is 9.64. The predicted molar refractivity (Wildman–Crippen MR) is 109 cm³/mol. The summed E-state index contributed by atoms with van der Waals surface area (Å²) in [6, 6.07) is 15.3. The number of thioether (sulfide) groups is 1. The van der Waals surface area contributed by atoms with Gasteiger partial charge in [-0.15, -0.1) is 11.8 Å². The van der Waals surface area contributed by atoms with Crippen molar-refractivity contribution in [3.8, 4) is 11.1 Å². The SMILES string of the molecule is CC(=O)N(CC(CSc1ccc(-c2ccc(Cl)cc2)cc1)C(=O)NO)C(C)=O. The average Bonchev–Trinajstić information content (AvgIpc) is 2.68. The predicted octanol–water partition coefficient (Wildman–Crippen LogP) is 3.62. The molecule has 0 saturated heterocycles. The van der Waals surface area contributed by atoms with Crippen LogP contribution in [0.25, 0.3) is 11.1 Å². The molecule has 6 nitrogen and oxygen atoms in total. The second-order valence-corrected chi connectivity index (χ2v) is 7.69. The number of imide groups is 1. The Balaban J connectivity index is 2.05. The summed E-state index contributed by atoms with van der Waals surface area (Å²) in [5.74, 6) is -1.97. The van der Waals surface area contributed by atoms with Crippen LogP contribution in [0.2, 0.25) is 5.02 Å². The van der Waals surface area contributed by atoms with E-state index < -0.39 is 23.6 Å². The molecule has 3 amide bonds. The van der Waals surface area contributed by atoms with Crippen molar-refractivity contribution in [1.82, 2.24) is 10.4 Å². The molecule has 0 aliphatic rings. The van der Waals surface area contributed by atoms with Crippen molar-refractivity contribution < 1.29 is 19.6 Å². The highest BCUT2D eigenvalue weighted by Gasteiger charge is 2.25. The molecule has 1 atom stereocenters. The number of carbonyl (C=O) groups is 3. The topological polar surface area (TPSA) is 86.7 Å². The van der Waals surface area contributed by atoms with Crippen LogP contribution < -0.4 is 5.48 Å². The average molecular weight is 421 g/mol. The summed E-state index contributed by atoms with van der Waals surface area (Å²) in [6.45, 7) is 2.43. The number of nitrogens with zero attached hydrogens (tertiary/aromatic N) is 1. The third kappa shape index (κ3) is 6.09. The number of benzene rings is 2. The third-order valence-corrected chi connectivity index (χ3v) is 5.55. The van der Waals surface area contributed by atoms with Crippen LogP contribution in [-0.2, 0) is 14.4 Å². The lowest BCUT2D eigenvalue weighted by Crippen LogP contribution is -2.43. The smallest absolute Gasteiger partial charge is 0.249 e. The highest BCUT2D eigenvalue weighted by Crippen LogP contribution is 2.26. The molecule has 2 aromatic carbocycles. The molecule has 0 aliphatic carbocycles. The number of rotatable bonds is 7. The Bertz CT molecular complexity index is 826. The van der Waals surface area contributed by atoms with Crippen molar-refractivity contribution in [3.63, 3.8) is 0 Å². The summed E-state index contributed by atoms with van der Waals surface area (Å²) in [7, 11) is 0. The van der Waals surface area contributed by atoms with Crippen LogP contribution >= 0.6 is 23.4 Å². The Morgan fingerprint density at radius 3 is 1.96 bits per heavy atom. The van der Waals surface area contributed by atoms with Crippen molar-refractivity contribution in [1.29, 1.82) is 0 Å². The van der Waals surface area contributed by atoms with Crippen LogP contribution in [0.1, 0.15) is 13.8 Å². The number of amides is 3. The molecule has 28 heavy (non-hydrogen) atoms. The van der Waals surface area contributed by atoms with Crippen LogP contribution in [0.4, 0.5) is 0 Å². The summed E-state index contributed by atoms with van der Waals surface area (Å²) < 4.78 is 0. The van der Waals surface area contributed by atoms with E-state index in [0.717, 1.165) is 20.9 Å². The first kappa shape index (κ1) is 21.9. The molecule has 8 heteroatoms. The molecule has 0 bridgehead atoms. The fourth-order valence-corrected chi connectivity index (χ4v) is 3.69. The Morgan fingerprint density at radius 2 is 1.50 bits per heavy atom. The van der Waals surface area contributed by atoms with Crippen LogP contribution in [0.5, 0.6) is 0 Å². The van der Waals surface area contributed by atoms with Crippen molar-refractivity contribution in [2.24, 2.45) is 5.92 Å². The van der Waals surface area contributed by atoms with Gasteiger partial charge in [0.25, 0.3) is 0 Å². The van der Waals surface area contributed by atoms with Crippen molar-refractivity contribution in [2.45, 2.75) is 18.7 Å². The molecule has 148 valence electrons. The first-order valence-corrected chi connectivity index (χ1v) is 9.89. The Labute approximate surface area is 172 Å². The first-order valence-electron chi connectivity index (χ1n) is 8.53. The largest absolute Gasteiger partial charge is 0.289 e. The van der Waals surface area contributed by atoms with E-state index in [1.54, 1.807) is 5.48 Å². The van der Waals surface area contributed by atoms with Gasteiger partial charge in [0.05, 0.1) is 5.92 Å². The van der Waals surface area contributed by atoms with Crippen molar-refractivity contribution in [2.75, 3.05) is 12.3 Å². The Hall–Kier alpha value is -2.35. The molecule has 2 aromatic rings. The summed E-state index contributed by atoms with van der Waals surface area (Å²) in [6.07, 6.45) is 0. The van der Waals surface area contributed by atoms with E-state index in [-0.39, 0.29) is 6.54 Å². The highest BCUT2D eigenvalue weighted by molar-refractivity contribution is 7.99. The van der Waals surface area contributed by atoms with Gasteiger partial charge in [-0.1, -0.05) is 35.9 Å². The van der Waals surface area contributed by atoms with Gasteiger partial charge in [0.1, 0.15) is 0 Å². The lowest BCUT2D eigenvalue weighted by molar-refractivity contribution is -0.144. The molecule has 0 saturated carbocycles. The van der Waals surface area contributed by atoms with Gasteiger partial charge >= 0.3 is 0 Å². The molecule has 2 N–H and O–H groups in total. The fraction of sp³-hybridized carbons (Fsp3) is 0.250. The van der Waals surface area contributed by atoms with E-state index in [2.05, 4.69) is 0 Å². The van der Waals surface area contributed by atoms with Gasteiger partial charge in [-0.25, -0.2) is 5.48 Å². The molecule has 0 radical (unpaired) electrons. The minimum absolute atomic E-state index is 0.0904. The fourth-order valence-electron chi connectivity index (χ4n) is 2.58. The molecular formula is C20H21ClN2O4S. The van der Waals surface area contributed by atoms with Gasteiger partial charge < -0.3 is 0 Å². The zero-order chi connectivity index (χ0) is 20.7. The molecule has 2 rings (SSSR count). The monoisotopic (exact) mass is 420 g/mol. The number of hydroxylamine groups is 1. The zero-order valence-electron chi connectivity index (χ0n) is 15.5. The third-order valence-electron chi connectivity index (χ3n) is 4.13. The lowest BCUT2D eigenvalue weighted by atomic mass is 10.1. The van der Waals surface area contributed by atoms with Crippen LogP contribution in [0, 0.1) is 5.92 Å². The minimum Gasteiger partial charge on any atom is -0.289 e. The van der Waals surface area contributed by atoms with Gasteiger partial charge in [-0.3, -0.25) is 24.5 Å². The maximum absolute atomic E-state index is 11.9. The lowest BCUT2D eigenvalue weighted by Gasteiger charge is -2.22. The van der Waals surface area contributed by atoms with Gasteiger partial charge in [0.2, 0.25) is 17.7 Å². The van der Waals surface area contributed by atoms with Crippen LogP contribution in [0.3, 0.4) is 0 Å². The van der Waals surface area contributed by atoms with Crippen LogP contribution in [-0.4, -0.2) is 40.1 Å². The quantitative estimate of drug-likeness (QED) is 0.406. The van der Waals surface area contributed by atoms with Crippen molar-refractivity contribution >= 4 is 41.1 Å². The van der Waals surface area contributed by atoms with Gasteiger partial charge in [0, 0.05) is 36.1 Å². The molecular weight excluding hydrogens is 400 g/mol. The molecule has 0 aromatic heterocycles. The molecule has 1 unspecified atom stereocenters. The molecule has 0 spiro atoms. The number of nitrogens with one attached hydrogen (secondary N) is 1. The summed E-state index contributed by atoms with van der Waals surface area (Å²) in [5.41, 5.74) is 3.68. The van der Waals surface area contributed by atoms with E-state index in [1.807, 2.05) is 48.5 Å². The second-order valence-electron chi connectivity index (χ2n) is 6.16. The zero-order valence-corrected chi connectivity index (χ0v) is 17.1. The Morgan fingerprint density at radius 1 is 1.00 bits per heavy atom. The number of hydrogen-bond donors (Lipinski definition) is 2. The maximum Gasteiger partial charge on any atom is 0.249 e. The van der Waals surface area contributed by atoms with E-state index in [0.29, 0.717) is 10.8 Å². The number of hydrogen-bond acceptors (Lipinski definition) is 5. The van der Waals surface area contributed by atoms with Gasteiger partial charge in [-0.2, -0.15) is 0 Å². The highest BCUT2D eigenvalue weighted by atomic mass is 35.5.